The largest absolute Gasteiger partial charge is 2.00 e. The molecule has 0 bridgehead atoms. The summed E-state index contributed by atoms with van der Waals surface area (Å²) >= 11 is 0. The van der Waals surface area contributed by atoms with Gasteiger partial charge >= 0.3 is 23.1 Å². The third-order valence-electron chi connectivity index (χ3n) is 1.67. The molecule has 0 saturated carbocycles. The second-order valence-corrected chi connectivity index (χ2v) is 2.71. The quantitative estimate of drug-likeness (QED) is 0.355. The third-order valence-corrected chi connectivity index (χ3v) is 1.67. The van der Waals surface area contributed by atoms with Crippen molar-refractivity contribution in [1.29, 1.82) is 0 Å². The monoisotopic (exact) mass is 168 g/mol. The zero-order valence-corrected chi connectivity index (χ0v) is 8.95. The summed E-state index contributed by atoms with van der Waals surface area (Å²) < 4.78 is 0. The van der Waals surface area contributed by atoms with E-state index in [1.807, 2.05) is 0 Å². The molecule has 1 aliphatic carbocycles. The van der Waals surface area contributed by atoms with Crippen LogP contribution >= 0.6 is 0 Å². The van der Waals surface area contributed by atoms with Gasteiger partial charge < -0.3 is 18.5 Å². The molecule has 1 rings (SSSR count). The van der Waals surface area contributed by atoms with Crippen LogP contribution in [-0.4, -0.2) is 23.1 Å². The maximum absolute atomic E-state index is 3.37. The van der Waals surface area contributed by atoms with Gasteiger partial charge in [-0.05, 0) is 0 Å². The summed E-state index contributed by atoms with van der Waals surface area (Å²) in [4.78, 5) is 0. The maximum atomic E-state index is 3.37. The van der Waals surface area contributed by atoms with Crippen molar-refractivity contribution in [3.05, 3.63) is 11.6 Å². The van der Waals surface area contributed by atoms with E-state index in [1.165, 1.54) is 19.3 Å². The van der Waals surface area contributed by atoms with E-state index in [1.54, 1.807) is 5.57 Å². The van der Waals surface area contributed by atoms with Crippen LogP contribution in [0.3, 0.4) is 0 Å². The Kier molecular flexibility index (Phi) is 8.71. The Balaban J connectivity index is 0. The number of hydrogen-bond acceptors (Lipinski definition) is 0. The first kappa shape index (κ1) is 13.4. The molecular formula is C8H13ClMg. The molecule has 0 atom stereocenters. The minimum atomic E-state index is 0. The molecule has 0 aromatic heterocycles. The van der Waals surface area contributed by atoms with Gasteiger partial charge in [-0.15, -0.1) is 0 Å². The summed E-state index contributed by atoms with van der Waals surface area (Å²) in [5, 5.41) is 0. The fraction of sp³-hybridized carbons (Fsp3) is 0.750. The molecule has 0 amide bonds. The maximum Gasteiger partial charge on any atom is 2.00 e. The Morgan fingerprint density at radius 2 is 2.00 bits per heavy atom. The van der Waals surface area contributed by atoms with Crippen molar-refractivity contribution in [1.82, 2.24) is 0 Å². The fourth-order valence-corrected chi connectivity index (χ4v) is 1.11. The van der Waals surface area contributed by atoms with Crippen molar-refractivity contribution in [2.45, 2.75) is 33.1 Å². The summed E-state index contributed by atoms with van der Waals surface area (Å²) in [6.45, 7) is 4.49. The van der Waals surface area contributed by atoms with E-state index in [-0.39, 0.29) is 35.5 Å². The second-order valence-electron chi connectivity index (χ2n) is 2.71. The fourth-order valence-electron chi connectivity index (χ4n) is 1.11. The van der Waals surface area contributed by atoms with Crippen LogP contribution < -0.4 is 12.4 Å². The smallest absolute Gasteiger partial charge is 1.00 e. The molecule has 0 spiro atoms. The number of allylic oxidation sites excluding steroid dienone is 2. The topological polar surface area (TPSA) is 0 Å². The Hall–Kier alpha value is 0.796. The average molecular weight is 169 g/mol. The van der Waals surface area contributed by atoms with Crippen LogP contribution in [0, 0.1) is 12.0 Å². The normalized spacial score (nSPS) is 15.7. The molecular weight excluding hydrogens is 156 g/mol. The molecule has 2 heteroatoms. The molecule has 0 radical (unpaired) electrons. The molecule has 0 aromatic carbocycles. The van der Waals surface area contributed by atoms with Gasteiger partial charge in [-0.25, -0.2) is 0 Å². The van der Waals surface area contributed by atoms with Crippen molar-refractivity contribution < 1.29 is 12.4 Å². The van der Waals surface area contributed by atoms with Crippen LogP contribution in [0.25, 0.3) is 0 Å². The minimum Gasteiger partial charge on any atom is -1.00 e. The third kappa shape index (κ3) is 3.84. The van der Waals surface area contributed by atoms with Crippen molar-refractivity contribution in [2.24, 2.45) is 5.92 Å². The molecule has 0 N–H and O–H groups in total. The number of halogens is 1. The number of hydrogen-bond donors (Lipinski definition) is 0. The van der Waals surface area contributed by atoms with Gasteiger partial charge in [0.25, 0.3) is 0 Å². The van der Waals surface area contributed by atoms with Gasteiger partial charge in [-0.2, -0.15) is 6.42 Å². The molecule has 0 aromatic rings. The van der Waals surface area contributed by atoms with Crippen LogP contribution in [0.2, 0.25) is 0 Å². The van der Waals surface area contributed by atoms with Crippen molar-refractivity contribution in [2.75, 3.05) is 0 Å². The zero-order chi connectivity index (χ0) is 5.98. The van der Waals surface area contributed by atoms with Crippen LogP contribution in [0.5, 0.6) is 0 Å². The van der Waals surface area contributed by atoms with Gasteiger partial charge in [-0.3, -0.25) is 5.57 Å². The van der Waals surface area contributed by atoms with Gasteiger partial charge in [0.2, 0.25) is 0 Å². The summed E-state index contributed by atoms with van der Waals surface area (Å²) in [5.41, 5.74) is 1.55. The Labute approximate surface area is 86.0 Å². The van der Waals surface area contributed by atoms with Gasteiger partial charge in [0.1, 0.15) is 0 Å². The summed E-state index contributed by atoms with van der Waals surface area (Å²) in [6, 6.07) is 0. The zero-order valence-electron chi connectivity index (χ0n) is 6.78. The van der Waals surface area contributed by atoms with E-state index in [4.69, 9.17) is 0 Å². The standard InChI is InChI=1S/C8H13.ClH.Mg/c1-7(2)8-5-3-4-6-8;;/h7H,3-5H2,1-2H3;1H;/q-1;;+2/p-1. The van der Waals surface area contributed by atoms with E-state index in [2.05, 4.69) is 19.9 Å². The van der Waals surface area contributed by atoms with Gasteiger partial charge in [0, 0.05) is 0 Å². The molecule has 0 saturated heterocycles. The predicted octanol–water partition coefficient (Wildman–Crippen LogP) is -0.821. The van der Waals surface area contributed by atoms with Crippen LogP contribution in [0.4, 0.5) is 0 Å². The summed E-state index contributed by atoms with van der Waals surface area (Å²) in [6.07, 6.45) is 7.22. The van der Waals surface area contributed by atoms with E-state index in [9.17, 15) is 0 Å². The van der Waals surface area contributed by atoms with E-state index in [0.717, 1.165) is 5.92 Å². The molecule has 1 aliphatic rings. The van der Waals surface area contributed by atoms with E-state index >= 15 is 0 Å². The van der Waals surface area contributed by atoms with Gasteiger partial charge in [0.05, 0.1) is 0 Å². The Morgan fingerprint density at radius 1 is 1.40 bits per heavy atom. The van der Waals surface area contributed by atoms with Crippen LogP contribution in [0.15, 0.2) is 5.57 Å². The summed E-state index contributed by atoms with van der Waals surface area (Å²) in [5.74, 6) is 0.748. The molecule has 0 nitrogen and oxygen atoms in total. The molecule has 54 valence electrons. The number of rotatable bonds is 1. The Morgan fingerprint density at radius 3 is 2.20 bits per heavy atom. The van der Waals surface area contributed by atoms with Gasteiger partial charge in [0.15, 0.2) is 0 Å². The molecule has 0 unspecified atom stereocenters. The van der Waals surface area contributed by atoms with Gasteiger partial charge in [-0.1, -0.05) is 32.6 Å². The minimum absolute atomic E-state index is 0. The van der Waals surface area contributed by atoms with Crippen molar-refractivity contribution in [3.8, 4) is 0 Å². The van der Waals surface area contributed by atoms with E-state index in [0.29, 0.717) is 0 Å². The first-order chi connectivity index (χ1) is 3.80. The average Bonchev–Trinajstić information content (AvgIpc) is 2.12. The molecule has 10 heavy (non-hydrogen) atoms. The van der Waals surface area contributed by atoms with Crippen LogP contribution in [0.1, 0.15) is 33.1 Å². The van der Waals surface area contributed by atoms with Crippen LogP contribution in [-0.2, 0) is 0 Å². The van der Waals surface area contributed by atoms with E-state index < -0.39 is 0 Å². The first-order valence-electron chi connectivity index (χ1n) is 3.40. The summed E-state index contributed by atoms with van der Waals surface area (Å²) in [7, 11) is 0. The van der Waals surface area contributed by atoms with Crippen molar-refractivity contribution in [3.63, 3.8) is 0 Å². The second kappa shape index (κ2) is 6.50. The molecule has 0 aliphatic heterocycles. The molecule has 0 heterocycles. The predicted molar refractivity (Wildman–Crippen MR) is 41.2 cm³/mol. The first-order valence-corrected chi connectivity index (χ1v) is 3.40. The SMILES string of the molecule is CC(C)C1=[C-]CCC1.[Cl-].[Mg+2]. The molecule has 0 fully saturated rings. The van der Waals surface area contributed by atoms with Crippen molar-refractivity contribution >= 4 is 23.1 Å². The Bertz CT molecular complexity index is 108.